The molecule has 130 valence electrons. The van der Waals surface area contributed by atoms with E-state index in [2.05, 4.69) is 11.8 Å². The van der Waals surface area contributed by atoms with Crippen LogP contribution in [-0.4, -0.2) is 30.6 Å². The van der Waals surface area contributed by atoms with E-state index in [0.29, 0.717) is 5.75 Å². The number of likely N-dealkylation sites (tertiary alicyclic amines) is 1. The SMILES string of the molecule is CCCCCCN1CCC(Oc2ccc(C(F)(F)F)cc2)CC1. The van der Waals surface area contributed by atoms with Crippen LogP contribution in [0.5, 0.6) is 5.75 Å². The van der Waals surface area contributed by atoms with Crippen LogP contribution in [0.15, 0.2) is 24.3 Å². The topological polar surface area (TPSA) is 12.5 Å². The van der Waals surface area contributed by atoms with E-state index in [1.807, 2.05) is 0 Å². The van der Waals surface area contributed by atoms with Crippen molar-refractivity contribution >= 4 is 0 Å². The number of rotatable bonds is 7. The molecule has 1 fully saturated rings. The second-order valence-corrected chi connectivity index (χ2v) is 6.24. The van der Waals surface area contributed by atoms with Gasteiger partial charge in [0.2, 0.25) is 0 Å². The van der Waals surface area contributed by atoms with Gasteiger partial charge in [-0.2, -0.15) is 13.2 Å². The molecule has 1 aliphatic heterocycles. The van der Waals surface area contributed by atoms with E-state index in [4.69, 9.17) is 4.74 Å². The second kappa shape index (κ2) is 8.57. The number of nitrogens with zero attached hydrogens (tertiary/aromatic N) is 1. The molecule has 0 spiro atoms. The minimum Gasteiger partial charge on any atom is -0.490 e. The zero-order valence-corrected chi connectivity index (χ0v) is 13.7. The zero-order chi connectivity index (χ0) is 16.7. The van der Waals surface area contributed by atoms with Crippen molar-refractivity contribution in [3.63, 3.8) is 0 Å². The first-order chi connectivity index (χ1) is 11.0. The molecule has 0 unspecified atom stereocenters. The highest BCUT2D eigenvalue weighted by Gasteiger charge is 2.30. The molecule has 0 N–H and O–H groups in total. The van der Waals surface area contributed by atoms with Crippen LogP contribution in [0, 0.1) is 0 Å². The Balaban J connectivity index is 1.72. The van der Waals surface area contributed by atoms with E-state index < -0.39 is 11.7 Å². The highest BCUT2D eigenvalue weighted by Crippen LogP contribution is 2.30. The van der Waals surface area contributed by atoms with Gasteiger partial charge in [-0.25, -0.2) is 0 Å². The van der Waals surface area contributed by atoms with Gasteiger partial charge in [0.25, 0.3) is 0 Å². The average Bonchev–Trinajstić information content (AvgIpc) is 2.53. The third-order valence-electron chi connectivity index (χ3n) is 4.35. The summed E-state index contributed by atoms with van der Waals surface area (Å²) < 4.78 is 43.4. The molecule has 23 heavy (non-hydrogen) atoms. The second-order valence-electron chi connectivity index (χ2n) is 6.24. The molecule has 2 nitrogen and oxygen atoms in total. The van der Waals surface area contributed by atoms with Crippen LogP contribution in [-0.2, 0) is 6.18 Å². The Bertz CT molecular complexity index is 450. The van der Waals surface area contributed by atoms with Crippen LogP contribution in [0.4, 0.5) is 13.2 Å². The van der Waals surface area contributed by atoms with Crippen LogP contribution in [0.1, 0.15) is 51.0 Å². The highest BCUT2D eigenvalue weighted by atomic mass is 19.4. The lowest BCUT2D eigenvalue weighted by molar-refractivity contribution is -0.137. The van der Waals surface area contributed by atoms with Crippen molar-refractivity contribution in [3.05, 3.63) is 29.8 Å². The first-order valence-electron chi connectivity index (χ1n) is 8.55. The van der Waals surface area contributed by atoms with E-state index in [1.165, 1.54) is 37.8 Å². The summed E-state index contributed by atoms with van der Waals surface area (Å²) in [5, 5.41) is 0. The number of alkyl halides is 3. The van der Waals surface area contributed by atoms with Crippen LogP contribution in [0.3, 0.4) is 0 Å². The molecule has 1 aliphatic rings. The Morgan fingerprint density at radius 2 is 1.70 bits per heavy atom. The molecule has 0 amide bonds. The Morgan fingerprint density at radius 1 is 1.04 bits per heavy atom. The first kappa shape index (κ1) is 18.1. The van der Waals surface area contributed by atoms with Gasteiger partial charge in [-0.3, -0.25) is 0 Å². The van der Waals surface area contributed by atoms with Gasteiger partial charge in [-0.1, -0.05) is 26.2 Å². The number of ether oxygens (including phenoxy) is 1. The molecular weight excluding hydrogens is 303 g/mol. The Kier molecular flexibility index (Phi) is 6.75. The Hall–Kier alpha value is -1.23. The van der Waals surface area contributed by atoms with Crippen molar-refractivity contribution in [2.75, 3.05) is 19.6 Å². The summed E-state index contributed by atoms with van der Waals surface area (Å²) in [5.74, 6) is 0.527. The number of hydrogen-bond donors (Lipinski definition) is 0. The Morgan fingerprint density at radius 3 is 2.26 bits per heavy atom. The van der Waals surface area contributed by atoms with Gasteiger partial charge in [-0.15, -0.1) is 0 Å². The predicted octanol–water partition coefficient (Wildman–Crippen LogP) is 5.13. The van der Waals surface area contributed by atoms with Gasteiger partial charge in [0.15, 0.2) is 0 Å². The number of halogens is 3. The summed E-state index contributed by atoms with van der Waals surface area (Å²) in [6, 6.07) is 5.00. The van der Waals surface area contributed by atoms with Crippen molar-refractivity contribution in [3.8, 4) is 5.75 Å². The molecule has 0 radical (unpaired) electrons. The smallest absolute Gasteiger partial charge is 0.416 e. The van der Waals surface area contributed by atoms with Gasteiger partial charge in [-0.05, 0) is 50.1 Å². The quantitative estimate of drug-likeness (QED) is 0.643. The fourth-order valence-electron chi connectivity index (χ4n) is 2.93. The molecule has 0 bridgehead atoms. The van der Waals surface area contributed by atoms with E-state index >= 15 is 0 Å². The van der Waals surface area contributed by atoms with Crippen LogP contribution in [0.2, 0.25) is 0 Å². The maximum atomic E-state index is 12.5. The number of piperidine rings is 1. The predicted molar refractivity (Wildman–Crippen MR) is 85.7 cm³/mol. The molecule has 0 aromatic heterocycles. The maximum absolute atomic E-state index is 12.5. The van der Waals surface area contributed by atoms with E-state index in [0.717, 1.165) is 44.6 Å². The fourth-order valence-corrected chi connectivity index (χ4v) is 2.93. The first-order valence-corrected chi connectivity index (χ1v) is 8.55. The molecule has 1 aromatic rings. The monoisotopic (exact) mass is 329 g/mol. The van der Waals surface area contributed by atoms with Crippen molar-refractivity contribution in [2.24, 2.45) is 0 Å². The molecule has 0 atom stereocenters. The molecule has 1 heterocycles. The van der Waals surface area contributed by atoms with Crippen molar-refractivity contribution < 1.29 is 17.9 Å². The van der Waals surface area contributed by atoms with Crippen LogP contribution < -0.4 is 4.74 Å². The lowest BCUT2D eigenvalue weighted by atomic mass is 10.1. The standard InChI is InChI=1S/C18H26F3NO/c1-2-3-4-5-12-22-13-10-17(11-14-22)23-16-8-6-15(7-9-16)18(19,20)21/h6-9,17H,2-5,10-14H2,1H3. The maximum Gasteiger partial charge on any atom is 0.416 e. The van der Waals surface area contributed by atoms with Crippen LogP contribution >= 0.6 is 0 Å². The molecule has 0 saturated carbocycles. The summed E-state index contributed by atoms with van der Waals surface area (Å²) in [4.78, 5) is 2.46. The summed E-state index contributed by atoms with van der Waals surface area (Å²) >= 11 is 0. The third-order valence-corrected chi connectivity index (χ3v) is 4.35. The minimum absolute atomic E-state index is 0.110. The molecular formula is C18H26F3NO. The minimum atomic E-state index is -4.29. The lowest BCUT2D eigenvalue weighted by Crippen LogP contribution is -2.38. The fraction of sp³-hybridized carbons (Fsp3) is 0.667. The van der Waals surface area contributed by atoms with Gasteiger partial charge >= 0.3 is 6.18 Å². The molecule has 1 saturated heterocycles. The van der Waals surface area contributed by atoms with E-state index in [1.54, 1.807) is 0 Å². The molecule has 2 rings (SSSR count). The number of benzene rings is 1. The van der Waals surface area contributed by atoms with Crippen LogP contribution in [0.25, 0.3) is 0 Å². The number of unbranched alkanes of at least 4 members (excludes halogenated alkanes) is 3. The summed E-state index contributed by atoms with van der Waals surface area (Å²) in [7, 11) is 0. The number of hydrogen-bond acceptors (Lipinski definition) is 2. The van der Waals surface area contributed by atoms with E-state index in [-0.39, 0.29) is 6.10 Å². The molecule has 0 aliphatic carbocycles. The lowest BCUT2D eigenvalue weighted by Gasteiger charge is -2.32. The van der Waals surface area contributed by atoms with Crippen molar-refractivity contribution in [1.29, 1.82) is 0 Å². The van der Waals surface area contributed by atoms with E-state index in [9.17, 15) is 13.2 Å². The molecule has 1 aromatic carbocycles. The normalized spacial score (nSPS) is 17.4. The average molecular weight is 329 g/mol. The van der Waals surface area contributed by atoms with Gasteiger partial charge < -0.3 is 9.64 Å². The highest BCUT2D eigenvalue weighted by molar-refractivity contribution is 5.29. The summed E-state index contributed by atoms with van der Waals surface area (Å²) in [5.41, 5.74) is -0.633. The van der Waals surface area contributed by atoms with Gasteiger partial charge in [0.05, 0.1) is 5.56 Å². The largest absolute Gasteiger partial charge is 0.490 e. The Labute approximate surface area is 136 Å². The van der Waals surface area contributed by atoms with Crippen molar-refractivity contribution in [1.82, 2.24) is 4.90 Å². The summed E-state index contributed by atoms with van der Waals surface area (Å²) in [6.07, 6.45) is 2.79. The van der Waals surface area contributed by atoms with Gasteiger partial charge in [0.1, 0.15) is 11.9 Å². The zero-order valence-electron chi connectivity index (χ0n) is 13.7. The third kappa shape index (κ3) is 6.05. The van der Waals surface area contributed by atoms with Crippen molar-refractivity contribution in [2.45, 2.75) is 57.7 Å². The summed E-state index contributed by atoms with van der Waals surface area (Å²) in [6.45, 7) is 5.38. The van der Waals surface area contributed by atoms with Gasteiger partial charge in [0, 0.05) is 13.1 Å². The molecule has 5 heteroatoms.